The van der Waals surface area contributed by atoms with Crippen LogP contribution in [0.1, 0.15) is 37.7 Å². The molecule has 0 radical (unpaired) electrons. The largest absolute Gasteiger partial charge is 0.390 e. The Balaban J connectivity index is 1.51. The maximum absolute atomic E-state index is 10.7. The van der Waals surface area contributed by atoms with E-state index in [4.69, 9.17) is 0 Å². The summed E-state index contributed by atoms with van der Waals surface area (Å²) in [6.45, 7) is 2.13. The molecule has 0 aliphatic heterocycles. The minimum Gasteiger partial charge on any atom is -0.390 e. The summed E-state index contributed by atoms with van der Waals surface area (Å²) in [5.41, 5.74) is 3.04. The Morgan fingerprint density at radius 3 is 2.77 bits per heavy atom. The van der Waals surface area contributed by atoms with Crippen LogP contribution in [0.4, 0.5) is 5.69 Å². The van der Waals surface area contributed by atoms with Crippen molar-refractivity contribution in [2.75, 3.05) is 5.32 Å². The molecule has 3 N–H and O–H groups in total. The van der Waals surface area contributed by atoms with Crippen LogP contribution >= 0.6 is 0 Å². The Hall–Kier alpha value is -1.55. The van der Waals surface area contributed by atoms with Gasteiger partial charge in [-0.25, -0.2) is 4.98 Å². The molecule has 22 heavy (non-hydrogen) atoms. The Morgan fingerprint density at radius 2 is 2.05 bits per heavy atom. The highest BCUT2D eigenvalue weighted by Crippen LogP contribution is 2.56. The van der Waals surface area contributed by atoms with Crippen LogP contribution in [-0.2, 0) is 0 Å². The van der Waals surface area contributed by atoms with Crippen molar-refractivity contribution in [1.82, 2.24) is 9.97 Å². The first-order chi connectivity index (χ1) is 10.6. The van der Waals surface area contributed by atoms with E-state index in [1.54, 1.807) is 0 Å². The van der Waals surface area contributed by atoms with Crippen LogP contribution < -0.4 is 5.32 Å². The maximum Gasteiger partial charge on any atom is 0.139 e. The number of anilines is 1. The van der Waals surface area contributed by atoms with Crippen molar-refractivity contribution in [2.24, 2.45) is 17.8 Å². The fraction of sp³-hybridized carbons (Fsp3) is 0.611. The summed E-state index contributed by atoms with van der Waals surface area (Å²) in [6, 6.07) is 2.62. The number of nitrogens with zero attached hydrogens (tertiary/aromatic N) is 1. The number of aromatic nitrogens is 2. The van der Waals surface area contributed by atoms with Crippen LogP contribution in [0, 0.1) is 24.7 Å². The molecule has 2 aromatic rings. The molecule has 4 fully saturated rings. The van der Waals surface area contributed by atoms with Gasteiger partial charge in [0.25, 0.3) is 0 Å². The lowest BCUT2D eigenvalue weighted by Gasteiger charge is -2.58. The number of nitrogens with one attached hydrogen (secondary N) is 2. The van der Waals surface area contributed by atoms with Crippen molar-refractivity contribution in [3.05, 3.63) is 24.0 Å². The summed E-state index contributed by atoms with van der Waals surface area (Å²) in [6.07, 6.45) is 9.50. The fourth-order valence-corrected chi connectivity index (χ4v) is 5.68. The van der Waals surface area contributed by atoms with E-state index >= 15 is 0 Å². The Labute approximate surface area is 130 Å². The highest BCUT2D eigenvalue weighted by molar-refractivity contribution is 5.91. The van der Waals surface area contributed by atoms with Crippen LogP contribution in [0.3, 0.4) is 0 Å². The van der Waals surface area contributed by atoms with Gasteiger partial charge in [0.1, 0.15) is 5.65 Å². The van der Waals surface area contributed by atoms with Gasteiger partial charge in [0.05, 0.1) is 5.60 Å². The highest BCUT2D eigenvalue weighted by Gasteiger charge is 2.54. The van der Waals surface area contributed by atoms with E-state index in [0.717, 1.165) is 30.8 Å². The van der Waals surface area contributed by atoms with Crippen molar-refractivity contribution < 1.29 is 5.11 Å². The Kier molecular flexibility index (Phi) is 2.50. The number of fused-ring (bicyclic) bond motifs is 1. The average Bonchev–Trinajstić information content (AvgIpc) is 2.91. The third-order valence-electron chi connectivity index (χ3n) is 6.33. The zero-order valence-electron chi connectivity index (χ0n) is 13.0. The normalized spacial score (nSPS) is 39.5. The number of hydrogen-bond acceptors (Lipinski definition) is 3. The molecule has 4 heteroatoms. The van der Waals surface area contributed by atoms with Gasteiger partial charge < -0.3 is 15.4 Å². The van der Waals surface area contributed by atoms with Gasteiger partial charge in [0.15, 0.2) is 0 Å². The van der Waals surface area contributed by atoms with Crippen LogP contribution in [-0.4, -0.2) is 26.7 Å². The molecule has 4 aliphatic rings. The molecule has 5 atom stereocenters. The fourth-order valence-electron chi connectivity index (χ4n) is 5.68. The van der Waals surface area contributed by atoms with E-state index in [1.807, 2.05) is 12.4 Å². The van der Waals surface area contributed by atoms with Crippen molar-refractivity contribution in [2.45, 2.75) is 50.7 Å². The van der Waals surface area contributed by atoms with Crippen LogP contribution in [0.5, 0.6) is 0 Å². The van der Waals surface area contributed by atoms with Gasteiger partial charge >= 0.3 is 0 Å². The molecule has 2 aromatic heterocycles. The molecule has 0 aromatic carbocycles. The molecular weight excluding hydrogens is 274 g/mol. The molecule has 0 amide bonds. The van der Waals surface area contributed by atoms with Crippen molar-refractivity contribution >= 4 is 16.7 Å². The maximum atomic E-state index is 10.7. The third kappa shape index (κ3) is 1.76. The molecule has 4 bridgehead atoms. The van der Waals surface area contributed by atoms with E-state index in [0.29, 0.717) is 17.9 Å². The lowest BCUT2D eigenvalue weighted by atomic mass is 9.52. The second kappa shape index (κ2) is 4.25. The van der Waals surface area contributed by atoms with Gasteiger partial charge in [-0.2, -0.15) is 0 Å². The number of pyridine rings is 1. The zero-order chi connectivity index (χ0) is 14.9. The molecule has 116 valence electrons. The minimum atomic E-state index is -0.356. The second-order valence-electron chi connectivity index (χ2n) is 7.92. The van der Waals surface area contributed by atoms with E-state index in [2.05, 4.69) is 28.3 Å². The quantitative estimate of drug-likeness (QED) is 0.797. The smallest absolute Gasteiger partial charge is 0.139 e. The molecule has 6 rings (SSSR count). The first-order valence-corrected chi connectivity index (χ1v) is 8.53. The predicted molar refractivity (Wildman–Crippen MR) is 86.7 cm³/mol. The molecule has 4 saturated carbocycles. The second-order valence-corrected chi connectivity index (χ2v) is 7.92. The highest BCUT2D eigenvalue weighted by atomic mass is 16.3. The zero-order valence-corrected chi connectivity index (χ0v) is 13.0. The third-order valence-corrected chi connectivity index (χ3v) is 6.33. The molecule has 4 nitrogen and oxygen atoms in total. The molecule has 2 heterocycles. The van der Waals surface area contributed by atoms with Crippen LogP contribution in [0.15, 0.2) is 18.5 Å². The van der Waals surface area contributed by atoms with Gasteiger partial charge in [-0.05, 0) is 68.4 Å². The number of aliphatic hydroxyl groups is 1. The first-order valence-electron chi connectivity index (χ1n) is 8.53. The standard InChI is InChI=1S/C18H23N3O/c1-10-9-20-17-14(2-3-19-17)15(10)21-16-12-4-11-5-13(16)8-18(22,6-11)7-12/h2-3,9,11-13,16,22H,4-8H2,1H3,(H2,19,20,21)/t11?,12-,13+,16?,18?. The SMILES string of the molecule is Cc1cnc2[nH]ccc2c1NC1[C@@H]2CC3C[C@H]1CC(O)(C3)C2. The van der Waals surface area contributed by atoms with Gasteiger partial charge in [-0.15, -0.1) is 0 Å². The summed E-state index contributed by atoms with van der Waals surface area (Å²) in [5, 5.41) is 15.8. The Bertz CT molecular complexity index is 721. The summed E-state index contributed by atoms with van der Waals surface area (Å²) >= 11 is 0. The van der Waals surface area contributed by atoms with E-state index in [1.165, 1.54) is 29.5 Å². The average molecular weight is 297 g/mol. The van der Waals surface area contributed by atoms with Crippen LogP contribution in [0.2, 0.25) is 0 Å². The van der Waals surface area contributed by atoms with E-state index < -0.39 is 0 Å². The van der Waals surface area contributed by atoms with Gasteiger partial charge in [-0.1, -0.05) is 0 Å². The van der Waals surface area contributed by atoms with Crippen LogP contribution in [0.25, 0.3) is 11.0 Å². The molecule has 4 aliphatic carbocycles. The summed E-state index contributed by atoms with van der Waals surface area (Å²) in [7, 11) is 0. The van der Waals surface area contributed by atoms with Gasteiger partial charge in [0.2, 0.25) is 0 Å². The number of aromatic amines is 1. The van der Waals surface area contributed by atoms with E-state index in [-0.39, 0.29) is 5.60 Å². The van der Waals surface area contributed by atoms with Crippen molar-refractivity contribution in [3.63, 3.8) is 0 Å². The lowest BCUT2D eigenvalue weighted by molar-refractivity contribution is -0.129. The number of hydrogen-bond donors (Lipinski definition) is 3. The number of H-pyrrole nitrogens is 1. The minimum absolute atomic E-state index is 0.356. The first kappa shape index (κ1) is 12.9. The Morgan fingerprint density at radius 1 is 1.27 bits per heavy atom. The molecule has 0 spiro atoms. The van der Waals surface area contributed by atoms with Crippen molar-refractivity contribution in [1.29, 1.82) is 0 Å². The van der Waals surface area contributed by atoms with Gasteiger partial charge in [-0.3, -0.25) is 0 Å². The molecule has 0 saturated heterocycles. The summed E-state index contributed by atoms with van der Waals surface area (Å²) in [4.78, 5) is 7.67. The van der Waals surface area contributed by atoms with E-state index in [9.17, 15) is 5.11 Å². The molecular formula is C18H23N3O. The summed E-state index contributed by atoms with van der Waals surface area (Å²) < 4.78 is 0. The number of aryl methyl sites for hydroxylation is 1. The van der Waals surface area contributed by atoms with Gasteiger partial charge in [0, 0.05) is 29.5 Å². The topological polar surface area (TPSA) is 60.9 Å². The monoisotopic (exact) mass is 297 g/mol. The number of rotatable bonds is 2. The molecule has 3 unspecified atom stereocenters. The summed E-state index contributed by atoms with van der Waals surface area (Å²) in [5.74, 6) is 2.00. The lowest BCUT2D eigenvalue weighted by Crippen LogP contribution is -2.59. The predicted octanol–water partition coefficient (Wildman–Crippen LogP) is 3.22. The van der Waals surface area contributed by atoms with Crippen molar-refractivity contribution in [3.8, 4) is 0 Å².